The van der Waals surface area contributed by atoms with Gasteiger partial charge in [0.05, 0.1) is 0 Å². The van der Waals surface area contributed by atoms with Crippen LogP contribution in [0.4, 0.5) is 0 Å². The Bertz CT molecular complexity index is 1860. The molecule has 0 fully saturated rings. The van der Waals surface area contributed by atoms with E-state index < -0.39 is 23.8 Å². The quantitative estimate of drug-likeness (QED) is 0.128. The molecule has 3 heteroatoms. The van der Waals surface area contributed by atoms with Crippen LogP contribution in [-0.4, -0.2) is 0 Å². The summed E-state index contributed by atoms with van der Waals surface area (Å²) in [5.74, 6) is 0. The maximum atomic E-state index is 2.23. The van der Waals surface area contributed by atoms with E-state index in [1.807, 2.05) is 0 Å². The fourth-order valence-corrected chi connectivity index (χ4v) is 13.5. The van der Waals surface area contributed by atoms with Crippen LogP contribution in [0.1, 0.15) is 1.43 Å². The number of rotatable bonds is 9. The SMILES string of the molecule is [HH].c1ccc(P(c2ccccc2)c2ccccc2)cc1.c1ccc(P(c2ccccc2)c2ccccc2)cc1.c1ccc(P(c2ccccc2)c2ccccc2)cc1. The van der Waals surface area contributed by atoms with E-state index in [2.05, 4.69) is 273 Å². The molecule has 0 unspecified atom stereocenters. The summed E-state index contributed by atoms with van der Waals surface area (Å²) in [5.41, 5.74) is 0. The van der Waals surface area contributed by atoms with Gasteiger partial charge in [-0.05, 0) is 71.5 Å². The van der Waals surface area contributed by atoms with Crippen molar-refractivity contribution in [2.24, 2.45) is 0 Å². The topological polar surface area (TPSA) is 0 Å². The molecule has 9 aromatic rings. The lowest BCUT2D eigenvalue weighted by Gasteiger charge is -2.18. The van der Waals surface area contributed by atoms with E-state index in [9.17, 15) is 0 Å². The van der Waals surface area contributed by atoms with Crippen molar-refractivity contribution in [1.29, 1.82) is 0 Å². The molecule has 57 heavy (non-hydrogen) atoms. The molecule has 0 aliphatic rings. The number of hydrogen-bond acceptors (Lipinski definition) is 0. The summed E-state index contributed by atoms with van der Waals surface area (Å²) in [6, 6.07) is 97.0. The first kappa shape index (κ1) is 39.5. The van der Waals surface area contributed by atoms with Crippen molar-refractivity contribution in [3.8, 4) is 0 Å². The molecule has 0 atom stereocenters. The average molecular weight is 789 g/mol. The Morgan fingerprint density at radius 1 is 0.140 bits per heavy atom. The zero-order chi connectivity index (χ0) is 38.7. The fourth-order valence-electron chi connectivity index (χ4n) is 6.54. The molecule has 9 aromatic carbocycles. The lowest BCUT2D eigenvalue weighted by Crippen LogP contribution is -2.20. The standard InChI is InChI=1S/3C18H15P.H2/c3*1-4-10-16(11-5-1)19(17-12-6-2-7-13-17)18-14-8-3-9-15-18;/h3*1-15H;1H. The molecule has 0 aliphatic heterocycles. The Labute approximate surface area is 344 Å². The van der Waals surface area contributed by atoms with Crippen LogP contribution in [0.5, 0.6) is 0 Å². The van der Waals surface area contributed by atoms with Gasteiger partial charge in [-0.3, -0.25) is 0 Å². The Hall–Kier alpha value is -5.73. The Morgan fingerprint density at radius 3 is 0.316 bits per heavy atom. The molecule has 0 heterocycles. The average Bonchev–Trinajstić information content (AvgIpc) is 3.30. The Morgan fingerprint density at radius 2 is 0.228 bits per heavy atom. The van der Waals surface area contributed by atoms with Crippen LogP contribution in [0.25, 0.3) is 0 Å². The van der Waals surface area contributed by atoms with Gasteiger partial charge in [-0.1, -0.05) is 273 Å². The molecule has 0 nitrogen and oxygen atoms in total. The van der Waals surface area contributed by atoms with Crippen molar-refractivity contribution in [2.45, 2.75) is 0 Å². The number of benzene rings is 9. The van der Waals surface area contributed by atoms with Gasteiger partial charge in [-0.25, -0.2) is 0 Å². The minimum Gasteiger partial charge on any atom is -0.0622 e. The van der Waals surface area contributed by atoms with Crippen molar-refractivity contribution in [2.75, 3.05) is 0 Å². The van der Waals surface area contributed by atoms with Gasteiger partial charge in [0, 0.05) is 1.43 Å². The van der Waals surface area contributed by atoms with Crippen LogP contribution < -0.4 is 47.7 Å². The third-order valence-electron chi connectivity index (χ3n) is 9.13. The van der Waals surface area contributed by atoms with Gasteiger partial charge in [-0.15, -0.1) is 0 Å². The van der Waals surface area contributed by atoms with Gasteiger partial charge >= 0.3 is 0 Å². The first-order valence-electron chi connectivity index (χ1n) is 19.2. The molecule has 0 radical (unpaired) electrons. The maximum absolute atomic E-state index is 2.23. The van der Waals surface area contributed by atoms with Gasteiger partial charge in [0.2, 0.25) is 0 Å². The highest BCUT2D eigenvalue weighted by Gasteiger charge is 2.17. The smallest absolute Gasteiger partial charge is 0 e. The van der Waals surface area contributed by atoms with E-state index in [1.54, 1.807) is 0 Å². The Balaban J connectivity index is 0.000000145. The van der Waals surface area contributed by atoms with Crippen molar-refractivity contribution >= 4 is 71.5 Å². The summed E-state index contributed by atoms with van der Waals surface area (Å²) in [4.78, 5) is 0. The predicted molar refractivity (Wildman–Crippen MR) is 258 cm³/mol. The Kier molecular flexibility index (Phi) is 14.9. The van der Waals surface area contributed by atoms with Gasteiger partial charge in [0.1, 0.15) is 0 Å². The van der Waals surface area contributed by atoms with Crippen molar-refractivity contribution in [3.05, 3.63) is 273 Å². The molecule has 9 rings (SSSR count). The van der Waals surface area contributed by atoms with E-state index >= 15 is 0 Å². The highest BCUT2D eigenvalue weighted by Crippen LogP contribution is 2.34. The lowest BCUT2D eigenvalue weighted by atomic mass is 10.4. The first-order chi connectivity index (χ1) is 28.3. The van der Waals surface area contributed by atoms with Gasteiger partial charge in [0.15, 0.2) is 0 Å². The molecule has 0 saturated heterocycles. The fraction of sp³-hybridized carbons (Fsp3) is 0. The summed E-state index contributed by atoms with van der Waals surface area (Å²) in [6.07, 6.45) is 0. The lowest BCUT2D eigenvalue weighted by molar-refractivity contribution is 1.74. The molecule has 278 valence electrons. The first-order valence-corrected chi connectivity index (χ1v) is 23.2. The van der Waals surface area contributed by atoms with Crippen LogP contribution in [0, 0.1) is 0 Å². The highest BCUT2D eigenvalue weighted by atomic mass is 31.1. The van der Waals surface area contributed by atoms with Crippen LogP contribution in [0.3, 0.4) is 0 Å². The minimum absolute atomic E-state index is 0. The minimum atomic E-state index is -0.446. The van der Waals surface area contributed by atoms with Crippen LogP contribution in [0.2, 0.25) is 0 Å². The molecule has 0 N–H and O–H groups in total. The summed E-state index contributed by atoms with van der Waals surface area (Å²) >= 11 is 0. The van der Waals surface area contributed by atoms with Crippen LogP contribution in [-0.2, 0) is 0 Å². The van der Waals surface area contributed by atoms with Crippen molar-refractivity contribution < 1.29 is 1.43 Å². The molecular weight excluding hydrogens is 742 g/mol. The third kappa shape index (κ3) is 11.2. The largest absolute Gasteiger partial charge is 0.0622 e. The second-order valence-corrected chi connectivity index (χ2v) is 19.7. The molecule has 0 aromatic heterocycles. The van der Waals surface area contributed by atoms with Crippen molar-refractivity contribution in [3.63, 3.8) is 0 Å². The molecule has 0 bridgehead atoms. The summed E-state index contributed by atoms with van der Waals surface area (Å²) in [6.45, 7) is 0. The molecule has 0 saturated carbocycles. The van der Waals surface area contributed by atoms with Crippen LogP contribution >= 0.6 is 23.8 Å². The molecule has 0 aliphatic carbocycles. The van der Waals surface area contributed by atoms with Gasteiger partial charge in [-0.2, -0.15) is 0 Å². The normalized spacial score (nSPS) is 10.6. The van der Waals surface area contributed by atoms with Crippen molar-refractivity contribution in [1.82, 2.24) is 0 Å². The van der Waals surface area contributed by atoms with E-state index in [1.165, 1.54) is 47.7 Å². The summed E-state index contributed by atoms with van der Waals surface area (Å²) < 4.78 is 0. The van der Waals surface area contributed by atoms with E-state index in [0.29, 0.717) is 0 Å². The second kappa shape index (κ2) is 21.5. The summed E-state index contributed by atoms with van der Waals surface area (Å²) in [5, 5.41) is 12.6. The van der Waals surface area contributed by atoms with Gasteiger partial charge < -0.3 is 0 Å². The van der Waals surface area contributed by atoms with E-state index in [4.69, 9.17) is 0 Å². The zero-order valence-corrected chi connectivity index (χ0v) is 34.5. The maximum Gasteiger partial charge on any atom is 0 e. The number of hydrogen-bond donors (Lipinski definition) is 0. The molecule has 0 amide bonds. The van der Waals surface area contributed by atoms with E-state index in [0.717, 1.165) is 0 Å². The van der Waals surface area contributed by atoms with E-state index in [-0.39, 0.29) is 1.43 Å². The molecule has 0 spiro atoms. The van der Waals surface area contributed by atoms with Gasteiger partial charge in [0.25, 0.3) is 0 Å². The van der Waals surface area contributed by atoms with Crippen LogP contribution in [0.15, 0.2) is 273 Å². The monoisotopic (exact) mass is 788 g/mol. The molecular formula is C54H47P3. The third-order valence-corrected chi connectivity index (χ3v) is 16.5. The second-order valence-electron chi connectivity index (χ2n) is 13.0. The summed E-state index contributed by atoms with van der Waals surface area (Å²) in [7, 11) is -1.34. The zero-order valence-electron chi connectivity index (χ0n) is 31.8. The predicted octanol–water partition coefficient (Wildman–Crippen LogP) is 10.6. The highest BCUT2D eigenvalue weighted by molar-refractivity contribution is 7.80.